The number of anilines is 1. The third kappa shape index (κ3) is 6.48. The standard InChI is InChI=1S/C16H26N2O4S/c1-5-13(2)17-16(19)7-6-12-18(23(4,20)21)14-8-10-15(22-3)11-9-14/h8-11,13H,5-7,12H2,1-4H3,(H,17,19). The highest BCUT2D eigenvalue weighted by Crippen LogP contribution is 2.21. The normalized spacial score (nSPS) is 12.5. The van der Waals surface area contributed by atoms with E-state index < -0.39 is 10.0 Å². The van der Waals surface area contributed by atoms with Gasteiger partial charge in [0.25, 0.3) is 0 Å². The highest BCUT2D eigenvalue weighted by Gasteiger charge is 2.17. The van der Waals surface area contributed by atoms with Crippen molar-refractivity contribution in [2.75, 3.05) is 24.2 Å². The van der Waals surface area contributed by atoms with Gasteiger partial charge < -0.3 is 10.1 Å². The van der Waals surface area contributed by atoms with Gasteiger partial charge in [0.05, 0.1) is 19.1 Å². The number of carbonyl (C=O) groups is 1. The van der Waals surface area contributed by atoms with Gasteiger partial charge in [0.1, 0.15) is 5.75 Å². The van der Waals surface area contributed by atoms with E-state index in [2.05, 4.69) is 5.32 Å². The molecule has 6 nitrogen and oxygen atoms in total. The fourth-order valence-corrected chi connectivity index (χ4v) is 3.03. The number of ether oxygens (including phenoxy) is 1. The van der Waals surface area contributed by atoms with E-state index in [1.54, 1.807) is 31.4 Å². The molecule has 7 heteroatoms. The topological polar surface area (TPSA) is 75.7 Å². The molecule has 0 aliphatic heterocycles. The summed E-state index contributed by atoms with van der Waals surface area (Å²) in [5.74, 6) is 0.609. The summed E-state index contributed by atoms with van der Waals surface area (Å²) in [6.45, 7) is 4.21. The van der Waals surface area contributed by atoms with E-state index in [1.807, 2.05) is 13.8 Å². The van der Waals surface area contributed by atoms with Gasteiger partial charge in [-0.3, -0.25) is 9.10 Å². The van der Waals surface area contributed by atoms with Gasteiger partial charge in [-0.2, -0.15) is 0 Å². The fourth-order valence-electron chi connectivity index (χ4n) is 2.07. The number of nitrogens with one attached hydrogen (secondary N) is 1. The first-order valence-corrected chi connectivity index (χ1v) is 9.54. The lowest BCUT2D eigenvalue weighted by Crippen LogP contribution is -2.34. The van der Waals surface area contributed by atoms with Crippen LogP contribution in [0.1, 0.15) is 33.1 Å². The summed E-state index contributed by atoms with van der Waals surface area (Å²) < 4.78 is 30.3. The first kappa shape index (κ1) is 19.3. The Labute approximate surface area is 138 Å². The molecule has 1 aromatic carbocycles. The van der Waals surface area contributed by atoms with Crippen LogP contribution in [0.3, 0.4) is 0 Å². The van der Waals surface area contributed by atoms with E-state index in [0.29, 0.717) is 24.3 Å². The summed E-state index contributed by atoms with van der Waals surface area (Å²) in [6, 6.07) is 6.94. The Morgan fingerprint density at radius 1 is 1.30 bits per heavy atom. The summed E-state index contributed by atoms with van der Waals surface area (Å²) >= 11 is 0. The average molecular weight is 342 g/mol. The minimum atomic E-state index is -3.40. The smallest absolute Gasteiger partial charge is 0.232 e. The average Bonchev–Trinajstić information content (AvgIpc) is 2.50. The zero-order valence-electron chi connectivity index (χ0n) is 14.2. The fraction of sp³-hybridized carbons (Fsp3) is 0.562. The molecule has 0 spiro atoms. The number of benzene rings is 1. The van der Waals surface area contributed by atoms with Crippen LogP contribution in [0.5, 0.6) is 5.75 Å². The Kier molecular flexibility index (Phi) is 7.35. The van der Waals surface area contributed by atoms with Crippen LogP contribution in [-0.4, -0.2) is 40.3 Å². The number of carbonyl (C=O) groups excluding carboxylic acids is 1. The van der Waals surface area contributed by atoms with Crippen molar-refractivity contribution in [1.82, 2.24) is 5.32 Å². The number of methoxy groups -OCH3 is 1. The molecule has 0 bridgehead atoms. The van der Waals surface area contributed by atoms with Gasteiger partial charge in [0.15, 0.2) is 0 Å². The maximum Gasteiger partial charge on any atom is 0.232 e. The molecule has 0 fully saturated rings. The number of amides is 1. The molecule has 130 valence electrons. The molecule has 0 aliphatic carbocycles. The van der Waals surface area contributed by atoms with Crippen molar-refractivity contribution in [2.45, 2.75) is 39.2 Å². The second-order valence-electron chi connectivity index (χ2n) is 5.51. The van der Waals surface area contributed by atoms with Gasteiger partial charge in [-0.15, -0.1) is 0 Å². The first-order chi connectivity index (χ1) is 10.8. The SMILES string of the molecule is CCC(C)NC(=O)CCCN(c1ccc(OC)cc1)S(C)(=O)=O. The van der Waals surface area contributed by atoms with E-state index in [9.17, 15) is 13.2 Å². The molecule has 0 radical (unpaired) electrons. The largest absolute Gasteiger partial charge is 0.497 e. The molecule has 23 heavy (non-hydrogen) atoms. The second kappa shape index (κ2) is 8.76. The van der Waals surface area contributed by atoms with Crippen molar-refractivity contribution in [2.24, 2.45) is 0 Å². The lowest BCUT2D eigenvalue weighted by Gasteiger charge is -2.22. The molecule has 0 saturated heterocycles. The van der Waals surface area contributed by atoms with Crippen LogP contribution in [0.4, 0.5) is 5.69 Å². The van der Waals surface area contributed by atoms with Crippen molar-refractivity contribution < 1.29 is 17.9 Å². The van der Waals surface area contributed by atoms with Crippen LogP contribution in [0, 0.1) is 0 Å². The Bertz CT molecular complexity index is 599. The molecule has 1 N–H and O–H groups in total. The van der Waals surface area contributed by atoms with Crippen LogP contribution in [-0.2, 0) is 14.8 Å². The van der Waals surface area contributed by atoms with Crippen molar-refractivity contribution in [3.63, 3.8) is 0 Å². The van der Waals surface area contributed by atoms with Gasteiger partial charge in [-0.1, -0.05) is 6.92 Å². The van der Waals surface area contributed by atoms with Crippen molar-refractivity contribution in [3.05, 3.63) is 24.3 Å². The molecule has 0 saturated carbocycles. The highest BCUT2D eigenvalue weighted by atomic mass is 32.2. The third-order valence-corrected chi connectivity index (χ3v) is 4.74. The van der Waals surface area contributed by atoms with Crippen molar-refractivity contribution in [1.29, 1.82) is 0 Å². The van der Waals surface area contributed by atoms with Crippen LogP contribution >= 0.6 is 0 Å². The van der Waals surface area contributed by atoms with Gasteiger partial charge in [-0.25, -0.2) is 8.42 Å². The Morgan fingerprint density at radius 3 is 2.39 bits per heavy atom. The van der Waals surface area contributed by atoms with E-state index in [0.717, 1.165) is 12.7 Å². The van der Waals surface area contributed by atoms with E-state index >= 15 is 0 Å². The summed E-state index contributed by atoms with van der Waals surface area (Å²) in [5, 5.41) is 2.87. The summed E-state index contributed by atoms with van der Waals surface area (Å²) in [4.78, 5) is 11.8. The molecule has 1 atom stereocenters. The minimum Gasteiger partial charge on any atom is -0.497 e. The summed E-state index contributed by atoms with van der Waals surface area (Å²) in [7, 11) is -1.85. The predicted molar refractivity (Wildman–Crippen MR) is 92.3 cm³/mol. The Morgan fingerprint density at radius 2 is 1.91 bits per heavy atom. The first-order valence-electron chi connectivity index (χ1n) is 7.69. The molecular formula is C16H26N2O4S. The van der Waals surface area contributed by atoms with E-state index in [1.165, 1.54) is 4.31 Å². The molecule has 1 amide bonds. The van der Waals surface area contributed by atoms with Crippen LogP contribution < -0.4 is 14.4 Å². The predicted octanol–water partition coefficient (Wildman–Crippen LogP) is 2.16. The molecule has 1 rings (SSSR count). The molecule has 0 aromatic heterocycles. The maximum atomic E-state index is 12.0. The van der Waals surface area contributed by atoms with Gasteiger partial charge in [0.2, 0.25) is 15.9 Å². The van der Waals surface area contributed by atoms with Crippen molar-refractivity contribution in [3.8, 4) is 5.75 Å². The minimum absolute atomic E-state index is 0.0532. The lowest BCUT2D eigenvalue weighted by atomic mass is 10.2. The van der Waals surface area contributed by atoms with Crippen molar-refractivity contribution >= 4 is 21.6 Å². The number of sulfonamides is 1. The zero-order valence-corrected chi connectivity index (χ0v) is 15.0. The third-order valence-electron chi connectivity index (χ3n) is 3.55. The van der Waals surface area contributed by atoms with Gasteiger partial charge in [0, 0.05) is 19.0 Å². The maximum absolute atomic E-state index is 12.0. The van der Waals surface area contributed by atoms with E-state index in [-0.39, 0.29) is 18.5 Å². The Balaban J connectivity index is 2.68. The Hall–Kier alpha value is -1.76. The number of rotatable bonds is 9. The summed E-state index contributed by atoms with van der Waals surface area (Å²) in [5.41, 5.74) is 0.565. The van der Waals surface area contributed by atoms with Gasteiger partial charge in [-0.05, 0) is 44.0 Å². The molecule has 0 aliphatic rings. The number of nitrogens with zero attached hydrogens (tertiary/aromatic N) is 1. The number of hydrogen-bond donors (Lipinski definition) is 1. The van der Waals surface area contributed by atoms with E-state index in [4.69, 9.17) is 4.74 Å². The molecule has 1 aromatic rings. The zero-order chi connectivity index (χ0) is 17.5. The molecule has 0 heterocycles. The van der Waals surface area contributed by atoms with Crippen LogP contribution in [0.25, 0.3) is 0 Å². The number of hydrogen-bond acceptors (Lipinski definition) is 4. The molecular weight excluding hydrogens is 316 g/mol. The second-order valence-corrected chi connectivity index (χ2v) is 7.42. The van der Waals surface area contributed by atoms with Crippen LogP contribution in [0.2, 0.25) is 0 Å². The van der Waals surface area contributed by atoms with Crippen LogP contribution in [0.15, 0.2) is 24.3 Å². The highest BCUT2D eigenvalue weighted by molar-refractivity contribution is 7.92. The summed E-state index contributed by atoms with van der Waals surface area (Å²) in [6.07, 6.45) is 2.79. The van der Waals surface area contributed by atoms with Gasteiger partial charge >= 0.3 is 0 Å². The lowest BCUT2D eigenvalue weighted by molar-refractivity contribution is -0.121. The quantitative estimate of drug-likeness (QED) is 0.746. The monoisotopic (exact) mass is 342 g/mol. The molecule has 1 unspecified atom stereocenters.